The Morgan fingerprint density at radius 3 is 2.72 bits per heavy atom. The monoisotopic (exact) mass is 250 g/mol. The van der Waals surface area contributed by atoms with E-state index in [-0.39, 0.29) is 24.2 Å². The fourth-order valence-corrected chi connectivity index (χ4v) is 2.25. The average molecular weight is 250 g/mol. The van der Waals surface area contributed by atoms with Crippen molar-refractivity contribution in [1.82, 2.24) is 0 Å². The van der Waals surface area contributed by atoms with Gasteiger partial charge in [0.15, 0.2) is 0 Å². The third kappa shape index (κ3) is 3.39. The van der Waals surface area contributed by atoms with Gasteiger partial charge < -0.3 is 14.6 Å². The predicted molar refractivity (Wildman–Crippen MR) is 66.7 cm³/mol. The zero-order valence-electron chi connectivity index (χ0n) is 10.5. The van der Waals surface area contributed by atoms with E-state index in [9.17, 15) is 9.90 Å². The minimum atomic E-state index is -0.326. The van der Waals surface area contributed by atoms with Crippen LogP contribution < -0.4 is 4.74 Å². The summed E-state index contributed by atoms with van der Waals surface area (Å²) in [5.41, 5.74) is 0.704. The smallest absolute Gasteiger partial charge is 0.309 e. The number of esters is 1. The fraction of sp³-hybridized carbons (Fsp3) is 0.500. The van der Waals surface area contributed by atoms with E-state index in [0.717, 1.165) is 12.8 Å². The summed E-state index contributed by atoms with van der Waals surface area (Å²) < 4.78 is 10.4. The predicted octanol–water partition coefficient (Wildman–Crippen LogP) is 2.43. The highest BCUT2D eigenvalue weighted by molar-refractivity contribution is 5.72. The van der Waals surface area contributed by atoms with Crippen molar-refractivity contribution in [2.24, 2.45) is 0 Å². The maximum atomic E-state index is 11.2. The van der Waals surface area contributed by atoms with Crippen LogP contribution in [0.25, 0.3) is 0 Å². The molecule has 0 bridgehead atoms. The van der Waals surface area contributed by atoms with Crippen LogP contribution in [0.1, 0.15) is 31.2 Å². The first-order valence-corrected chi connectivity index (χ1v) is 6.24. The van der Waals surface area contributed by atoms with Crippen LogP contribution in [0.4, 0.5) is 0 Å². The van der Waals surface area contributed by atoms with E-state index in [0.29, 0.717) is 11.3 Å². The molecule has 18 heavy (non-hydrogen) atoms. The van der Waals surface area contributed by atoms with Gasteiger partial charge in [-0.05, 0) is 43.4 Å². The number of rotatable bonds is 4. The van der Waals surface area contributed by atoms with Crippen molar-refractivity contribution < 1.29 is 19.4 Å². The van der Waals surface area contributed by atoms with E-state index in [1.165, 1.54) is 20.0 Å². The molecule has 1 fully saturated rings. The lowest BCUT2D eigenvalue weighted by atomic mass is 10.1. The Kier molecular flexibility index (Phi) is 4.07. The third-order valence-corrected chi connectivity index (χ3v) is 3.13. The van der Waals surface area contributed by atoms with Crippen molar-refractivity contribution in [2.45, 2.75) is 38.2 Å². The molecule has 2 rings (SSSR count). The van der Waals surface area contributed by atoms with Crippen LogP contribution in [0.2, 0.25) is 0 Å². The lowest BCUT2D eigenvalue weighted by Gasteiger charge is -2.14. The van der Waals surface area contributed by atoms with Crippen molar-refractivity contribution in [3.63, 3.8) is 0 Å². The highest BCUT2D eigenvalue weighted by Crippen LogP contribution is 2.27. The largest absolute Gasteiger partial charge is 0.508 e. The van der Waals surface area contributed by atoms with Gasteiger partial charge in [0, 0.05) is 6.07 Å². The SMILES string of the molecule is COC(=O)Cc1cc(O)cc(OC2CCCC2)c1. The first kappa shape index (κ1) is 12.7. The summed E-state index contributed by atoms with van der Waals surface area (Å²) >= 11 is 0. The molecule has 0 radical (unpaired) electrons. The van der Waals surface area contributed by atoms with Gasteiger partial charge in [0.1, 0.15) is 11.5 Å². The molecule has 0 aliphatic heterocycles. The molecule has 1 aliphatic carbocycles. The number of benzene rings is 1. The minimum absolute atomic E-state index is 0.115. The normalized spacial score (nSPS) is 15.6. The highest BCUT2D eigenvalue weighted by atomic mass is 16.5. The number of carbonyl (C=O) groups is 1. The Hall–Kier alpha value is -1.71. The molecule has 0 unspecified atom stereocenters. The molecule has 0 spiro atoms. The molecule has 1 N–H and O–H groups in total. The number of carbonyl (C=O) groups excluding carboxylic acids is 1. The Labute approximate surface area is 107 Å². The summed E-state index contributed by atoms with van der Waals surface area (Å²) in [6.07, 6.45) is 4.88. The average Bonchev–Trinajstić information content (AvgIpc) is 2.80. The third-order valence-electron chi connectivity index (χ3n) is 3.13. The number of aromatic hydroxyl groups is 1. The van der Waals surface area contributed by atoms with Gasteiger partial charge in [-0.15, -0.1) is 0 Å². The summed E-state index contributed by atoms with van der Waals surface area (Å²) in [6, 6.07) is 4.92. The molecule has 0 atom stereocenters. The number of phenolic OH excluding ortho intramolecular Hbond substituents is 1. The fourth-order valence-electron chi connectivity index (χ4n) is 2.25. The quantitative estimate of drug-likeness (QED) is 0.834. The Bertz CT molecular complexity index is 422. The van der Waals surface area contributed by atoms with Gasteiger partial charge >= 0.3 is 5.97 Å². The van der Waals surface area contributed by atoms with Gasteiger partial charge in [-0.2, -0.15) is 0 Å². The number of methoxy groups -OCH3 is 1. The summed E-state index contributed by atoms with van der Waals surface area (Å²) in [7, 11) is 1.35. The van der Waals surface area contributed by atoms with Gasteiger partial charge in [0.05, 0.1) is 19.6 Å². The molecule has 98 valence electrons. The van der Waals surface area contributed by atoms with Crippen molar-refractivity contribution in [1.29, 1.82) is 0 Å². The molecule has 4 heteroatoms. The van der Waals surface area contributed by atoms with Crippen LogP contribution in [-0.4, -0.2) is 24.3 Å². The lowest BCUT2D eigenvalue weighted by Crippen LogP contribution is -2.11. The minimum Gasteiger partial charge on any atom is -0.508 e. The number of phenols is 1. The Morgan fingerprint density at radius 2 is 2.06 bits per heavy atom. The van der Waals surface area contributed by atoms with E-state index in [4.69, 9.17) is 4.74 Å². The van der Waals surface area contributed by atoms with Gasteiger partial charge in [-0.25, -0.2) is 0 Å². The Balaban J connectivity index is 2.07. The zero-order chi connectivity index (χ0) is 13.0. The first-order valence-electron chi connectivity index (χ1n) is 6.24. The molecule has 1 aromatic carbocycles. The molecular formula is C14H18O4. The van der Waals surface area contributed by atoms with Crippen molar-refractivity contribution in [2.75, 3.05) is 7.11 Å². The Morgan fingerprint density at radius 1 is 1.33 bits per heavy atom. The van der Waals surface area contributed by atoms with Crippen LogP contribution >= 0.6 is 0 Å². The highest BCUT2D eigenvalue weighted by Gasteiger charge is 2.17. The van der Waals surface area contributed by atoms with Crippen LogP contribution in [-0.2, 0) is 16.0 Å². The molecular weight excluding hydrogens is 232 g/mol. The summed E-state index contributed by atoms with van der Waals surface area (Å²) in [5, 5.41) is 9.62. The second kappa shape index (κ2) is 5.76. The molecule has 0 aromatic heterocycles. The number of hydrogen-bond donors (Lipinski definition) is 1. The first-order chi connectivity index (χ1) is 8.67. The van der Waals surface area contributed by atoms with E-state index in [1.54, 1.807) is 18.2 Å². The molecule has 0 heterocycles. The van der Waals surface area contributed by atoms with Crippen LogP contribution in [0.15, 0.2) is 18.2 Å². The van der Waals surface area contributed by atoms with E-state index in [1.807, 2.05) is 0 Å². The molecule has 0 saturated heterocycles. The van der Waals surface area contributed by atoms with Crippen molar-refractivity contribution >= 4 is 5.97 Å². The van der Waals surface area contributed by atoms with Crippen molar-refractivity contribution in [3.8, 4) is 11.5 Å². The zero-order valence-corrected chi connectivity index (χ0v) is 10.5. The topological polar surface area (TPSA) is 55.8 Å². The molecule has 1 saturated carbocycles. The van der Waals surface area contributed by atoms with Crippen molar-refractivity contribution in [3.05, 3.63) is 23.8 Å². The lowest BCUT2D eigenvalue weighted by molar-refractivity contribution is -0.139. The second-order valence-corrected chi connectivity index (χ2v) is 4.61. The van der Waals surface area contributed by atoms with Gasteiger partial charge in [-0.1, -0.05) is 0 Å². The van der Waals surface area contributed by atoms with Crippen LogP contribution in [0, 0.1) is 0 Å². The standard InChI is InChI=1S/C14H18O4/c1-17-14(16)8-10-6-11(15)9-13(7-10)18-12-4-2-3-5-12/h6-7,9,12,15H,2-5,8H2,1H3. The van der Waals surface area contributed by atoms with Gasteiger partial charge in [0.2, 0.25) is 0 Å². The van der Waals surface area contributed by atoms with Gasteiger partial charge in [0.25, 0.3) is 0 Å². The van der Waals surface area contributed by atoms with Gasteiger partial charge in [-0.3, -0.25) is 4.79 Å². The second-order valence-electron chi connectivity index (χ2n) is 4.61. The summed E-state index contributed by atoms with van der Waals surface area (Å²) in [6.45, 7) is 0. The van der Waals surface area contributed by atoms with E-state index >= 15 is 0 Å². The summed E-state index contributed by atoms with van der Waals surface area (Å²) in [5.74, 6) is 0.414. The molecule has 0 amide bonds. The van der Waals surface area contributed by atoms with Crippen LogP contribution in [0.3, 0.4) is 0 Å². The summed E-state index contributed by atoms with van der Waals surface area (Å²) in [4.78, 5) is 11.2. The van der Waals surface area contributed by atoms with E-state index in [2.05, 4.69) is 4.74 Å². The maximum Gasteiger partial charge on any atom is 0.309 e. The molecule has 1 aromatic rings. The number of hydrogen-bond acceptors (Lipinski definition) is 4. The molecule has 4 nitrogen and oxygen atoms in total. The number of ether oxygens (including phenoxy) is 2. The van der Waals surface area contributed by atoms with Crippen LogP contribution in [0.5, 0.6) is 11.5 Å². The molecule has 1 aliphatic rings. The van der Waals surface area contributed by atoms with E-state index < -0.39 is 0 Å². The maximum absolute atomic E-state index is 11.2.